The Kier molecular flexibility index (Phi) is 30.3. The fourth-order valence-corrected chi connectivity index (χ4v) is 3.76. The SMILES string of the molecule is CC.CC.CC.CC(C)(N)C1=CC(c2ccc(F)c(Cl)c2)=NC(C(O)CNC=O)=CC1.CCC.CNC(C)COc1ccc(C)cc1OC. The number of rotatable bonds is 11. The van der Waals surface area contributed by atoms with Gasteiger partial charge in [-0.2, -0.15) is 0 Å². The third kappa shape index (κ3) is 20.8. The van der Waals surface area contributed by atoms with Crippen molar-refractivity contribution in [3.05, 3.63) is 81.8 Å². The molecule has 0 fully saturated rings. The number of benzene rings is 2. The monoisotopic (exact) mass is 708 g/mol. The topological polar surface area (TPSA) is 118 Å². The summed E-state index contributed by atoms with van der Waals surface area (Å²) in [4.78, 5) is 14.9. The third-order valence-corrected chi connectivity index (χ3v) is 6.46. The van der Waals surface area contributed by atoms with Gasteiger partial charge in [0.1, 0.15) is 18.5 Å². The molecule has 0 saturated carbocycles. The van der Waals surface area contributed by atoms with Crippen LogP contribution in [0, 0.1) is 12.7 Å². The lowest BCUT2D eigenvalue weighted by Crippen LogP contribution is -2.34. The number of carbonyl (C=O) groups excluding carboxylic acids is 1. The summed E-state index contributed by atoms with van der Waals surface area (Å²) in [6.45, 7) is 24.8. The molecular weight excluding hydrogens is 643 g/mol. The lowest BCUT2D eigenvalue weighted by molar-refractivity contribution is -0.109. The van der Waals surface area contributed by atoms with Gasteiger partial charge in [-0.3, -0.25) is 9.79 Å². The number of nitrogens with zero attached hydrogens (tertiary/aromatic N) is 1. The minimum Gasteiger partial charge on any atom is -0.493 e. The lowest BCUT2D eigenvalue weighted by atomic mass is 9.90. The average molecular weight is 709 g/mol. The Morgan fingerprint density at radius 1 is 1.08 bits per heavy atom. The second-order valence-electron chi connectivity index (χ2n) is 10.8. The smallest absolute Gasteiger partial charge is 0.207 e. The van der Waals surface area contributed by atoms with Crippen molar-refractivity contribution < 1.29 is 23.8 Å². The Morgan fingerprint density at radius 2 is 1.67 bits per heavy atom. The molecule has 280 valence electrons. The van der Waals surface area contributed by atoms with Crippen molar-refractivity contribution >= 4 is 23.7 Å². The highest BCUT2D eigenvalue weighted by Crippen LogP contribution is 2.28. The van der Waals surface area contributed by atoms with E-state index < -0.39 is 17.5 Å². The van der Waals surface area contributed by atoms with Gasteiger partial charge in [0.2, 0.25) is 6.41 Å². The molecule has 0 aliphatic carbocycles. The fourth-order valence-electron chi connectivity index (χ4n) is 3.57. The molecule has 0 aromatic heterocycles. The summed E-state index contributed by atoms with van der Waals surface area (Å²) in [6.07, 6.45) is 4.89. The summed E-state index contributed by atoms with van der Waals surface area (Å²) < 4.78 is 24.4. The van der Waals surface area contributed by atoms with E-state index in [2.05, 4.69) is 36.4 Å². The Bertz CT molecular complexity index is 1260. The third-order valence-electron chi connectivity index (χ3n) is 6.17. The van der Waals surface area contributed by atoms with E-state index >= 15 is 0 Å². The number of ether oxygens (including phenoxy) is 2. The van der Waals surface area contributed by atoms with Crippen molar-refractivity contribution in [3.63, 3.8) is 0 Å². The number of aryl methyl sites for hydroxylation is 1. The average Bonchev–Trinajstić information content (AvgIpc) is 3.35. The number of likely N-dealkylation sites (N-methyl/N-ethyl adjacent to an activating group) is 1. The van der Waals surface area contributed by atoms with Crippen LogP contribution < -0.4 is 25.8 Å². The number of halogens is 2. The Hall–Kier alpha value is -3.24. The molecule has 0 saturated heterocycles. The number of carbonyl (C=O) groups is 1. The molecule has 1 aliphatic rings. The quantitative estimate of drug-likeness (QED) is 0.173. The Balaban J connectivity index is -0.000000751. The number of nitrogens with two attached hydrogens (primary N) is 1. The number of aliphatic hydroxyl groups excluding tert-OH is 1. The summed E-state index contributed by atoms with van der Waals surface area (Å²) in [6, 6.07) is 10.6. The normalized spacial score (nSPS) is 12.8. The predicted molar refractivity (Wildman–Crippen MR) is 209 cm³/mol. The van der Waals surface area contributed by atoms with E-state index in [0.29, 0.717) is 42.5 Å². The minimum atomic E-state index is -0.968. The molecule has 49 heavy (non-hydrogen) atoms. The molecule has 10 heteroatoms. The number of aliphatic hydroxyl groups is 1. The zero-order chi connectivity index (χ0) is 38.6. The molecule has 2 aromatic carbocycles. The zero-order valence-electron chi connectivity index (χ0n) is 32.6. The van der Waals surface area contributed by atoms with Crippen LogP contribution in [0.2, 0.25) is 5.02 Å². The van der Waals surface area contributed by atoms with E-state index in [-0.39, 0.29) is 11.6 Å². The van der Waals surface area contributed by atoms with Gasteiger partial charge in [0, 0.05) is 23.7 Å². The fraction of sp³-hybridized carbons (Fsp3) is 0.538. The van der Waals surface area contributed by atoms with Crippen molar-refractivity contribution in [2.75, 3.05) is 27.3 Å². The van der Waals surface area contributed by atoms with Gasteiger partial charge in [-0.25, -0.2) is 4.39 Å². The minimum absolute atomic E-state index is 0.0138. The maximum Gasteiger partial charge on any atom is 0.207 e. The Morgan fingerprint density at radius 3 is 2.16 bits per heavy atom. The van der Waals surface area contributed by atoms with E-state index in [9.17, 15) is 14.3 Å². The van der Waals surface area contributed by atoms with E-state index in [1.807, 2.05) is 93.6 Å². The van der Waals surface area contributed by atoms with Crippen molar-refractivity contribution in [2.24, 2.45) is 10.7 Å². The van der Waals surface area contributed by atoms with Crippen molar-refractivity contribution in [2.45, 2.75) is 114 Å². The summed E-state index contributed by atoms with van der Waals surface area (Å²) in [5, 5.41) is 15.8. The Labute approximate surface area is 302 Å². The largest absolute Gasteiger partial charge is 0.493 e. The van der Waals surface area contributed by atoms with Crippen molar-refractivity contribution in [1.82, 2.24) is 10.6 Å². The van der Waals surface area contributed by atoms with Crippen LogP contribution in [0.3, 0.4) is 0 Å². The number of allylic oxidation sites excluding steroid dienone is 2. The molecule has 5 N–H and O–H groups in total. The van der Waals surface area contributed by atoms with Crippen molar-refractivity contribution in [1.29, 1.82) is 0 Å². The van der Waals surface area contributed by atoms with Gasteiger partial charge in [0.15, 0.2) is 11.5 Å². The first-order chi connectivity index (χ1) is 23.3. The zero-order valence-corrected chi connectivity index (χ0v) is 33.4. The summed E-state index contributed by atoms with van der Waals surface area (Å²) >= 11 is 5.88. The van der Waals surface area contributed by atoms with Crippen LogP contribution in [0.1, 0.15) is 100 Å². The van der Waals surface area contributed by atoms with Crippen LogP contribution >= 0.6 is 11.6 Å². The molecule has 1 aliphatic heterocycles. The van der Waals surface area contributed by atoms with Gasteiger partial charge in [0.25, 0.3) is 0 Å². The molecule has 0 radical (unpaired) electrons. The number of nitrogens with one attached hydrogen (secondary N) is 2. The van der Waals surface area contributed by atoms with Crippen LogP contribution in [0.25, 0.3) is 0 Å². The molecule has 2 atom stereocenters. The molecule has 1 amide bonds. The number of aliphatic imine (C=N–C) groups is 1. The van der Waals surface area contributed by atoms with Crippen LogP contribution in [-0.4, -0.2) is 62.2 Å². The summed E-state index contributed by atoms with van der Waals surface area (Å²) in [7, 11) is 3.57. The van der Waals surface area contributed by atoms with Crippen LogP contribution in [0.5, 0.6) is 11.5 Å². The number of methoxy groups -OCH3 is 1. The maximum absolute atomic E-state index is 13.5. The molecule has 0 spiro atoms. The highest BCUT2D eigenvalue weighted by molar-refractivity contribution is 6.31. The molecule has 2 aromatic rings. The van der Waals surface area contributed by atoms with Crippen LogP contribution in [0.4, 0.5) is 4.39 Å². The van der Waals surface area contributed by atoms with Gasteiger partial charge in [-0.1, -0.05) is 85.6 Å². The molecule has 2 unspecified atom stereocenters. The molecule has 0 bridgehead atoms. The molecular formula is C39H66ClFN4O4. The molecule has 1 heterocycles. The van der Waals surface area contributed by atoms with E-state index in [1.54, 1.807) is 19.3 Å². The van der Waals surface area contributed by atoms with Gasteiger partial charge < -0.3 is 30.9 Å². The second kappa shape index (κ2) is 29.7. The summed E-state index contributed by atoms with van der Waals surface area (Å²) in [5.41, 5.74) is 9.22. The first-order valence-corrected chi connectivity index (χ1v) is 17.7. The predicted octanol–water partition coefficient (Wildman–Crippen LogP) is 8.81. The molecule has 3 rings (SSSR count). The van der Waals surface area contributed by atoms with E-state index in [4.69, 9.17) is 26.8 Å². The van der Waals surface area contributed by atoms with Crippen LogP contribution in [0.15, 0.2) is 64.8 Å². The first kappa shape index (κ1) is 50.1. The maximum atomic E-state index is 13.5. The molecule has 8 nitrogen and oxygen atoms in total. The summed E-state index contributed by atoms with van der Waals surface area (Å²) in [5.74, 6) is 1.07. The van der Waals surface area contributed by atoms with Gasteiger partial charge in [-0.15, -0.1) is 0 Å². The van der Waals surface area contributed by atoms with Gasteiger partial charge in [0.05, 0.1) is 23.5 Å². The number of hydrogen-bond donors (Lipinski definition) is 4. The second-order valence-corrected chi connectivity index (χ2v) is 11.2. The first-order valence-electron chi connectivity index (χ1n) is 17.3. The number of hydrogen-bond acceptors (Lipinski definition) is 7. The van der Waals surface area contributed by atoms with Crippen LogP contribution in [-0.2, 0) is 4.79 Å². The van der Waals surface area contributed by atoms with Gasteiger partial charge >= 0.3 is 0 Å². The van der Waals surface area contributed by atoms with E-state index in [1.165, 1.54) is 24.1 Å². The van der Waals surface area contributed by atoms with Crippen molar-refractivity contribution in [3.8, 4) is 11.5 Å². The standard InChI is InChI=1S/C18H21ClFN3O2.C12H19NO2.C3H8.3C2H6/c1-18(2,21)12-4-6-15(17(25)9-22-10-24)23-16(8-12)11-3-5-14(20)13(19)7-11;1-9-5-6-11(12(7-9)14-4)15-8-10(2)13-3;1-3-2;3*1-2/h3,5-8,10,17,25H,4,9,21H2,1-2H3,(H,22,24);5-7,10,13H,8H2,1-4H3;3H2,1-2H3;3*1-2H3. The van der Waals surface area contributed by atoms with E-state index in [0.717, 1.165) is 17.1 Å². The number of amides is 1. The lowest BCUT2D eigenvalue weighted by Gasteiger charge is -2.22. The van der Waals surface area contributed by atoms with Gasteiger partial charge in [-0.05, 0) is 88.7 Å². The highest BCUT2D eigenvalue weighted by atomic mass is 35.5. The highest BCUT2D eigenvalue weighted by Gasteiger charge is 2.22.